The van der Waals surface area contributed by atoms with E-state index >= 15 is 0 Å². The molecule has 0 amide bonds. The lowest BCUT2D eigenvalue weighted by Crippen LogP contribution is -2.33. The van der Waals surface area contributed by atoms with Crippen LogP contribution in [-0.4, -0.2) is 23.6 Å². The van der Waals surface area contributed by atoms with Crippen molar-refractivity contribution in [3.8, 4) is 11.5 Å². The van der Waals surface area contributed by atoms with Gasteiger partial charge in [0.25, 0.3) is 0 Å². The molecule has 2 aromatic rings. The molecule has 6 nitrogen and oxygen atoms in total. The Bertz CT molecular complexity index is 805. The van der Waals surface area contributed by atoms with Gasteiger partial charge in [-0.25, -0.2) is 15.2 Å². The van der Waals surface area contributed by atoms with E-state index in [-0.39, 0.29) is 12.0 Å². The summed E-state index contributed by atoms with van der Waals surface area (Å²) in [7, 11) is 0. The largest absolute Gasteiger partial charge is 0.462 e. The number of ether oxygens (including phenoxy) is 2. The smallest absolute Gasteiger partial charge is 0.338 e. The van der Waals surface area contributed by atoms with Crippen LogP contribution in [0, 0.1) is 6.92 Å². The van der Waals surface area contributed by atoms with E-state index in [0.29, 0.717) is 23.7 Å². The highest BCUT2D eigenvalue weighted by atomic mass is 16.5. The number of hydrogen-bond acceptors (Lipinski definition) is 6. The third-order valence-corrected chi connectivity index (χ3v) is 3.84. The molecule has 0 bridgehead atoms. The number of pyridine rings is 1. The topological polar surface area (TPSA) is 63.7 Å². The fourth-order valence-corrected chi connectivity index (χ4v) is 2.54. The van der Waals surface area contributed by atoms with E-state index in [0.717, 1.165) is 11.4 Å². The first-order valence-corrected chi connectivity index (χ1v) is 9.23. The summed E-state index contributed by atoms with van der Waals surface area (Å²) < 4.78 is 11.1. The highest BCUT2D eigenvalue weighted by Crippen LogP contribution is 2.29. The number of hydrazine groups is 1. The summed E-state index contributed by atoms with van der Waals surface area (Å²) in [4.78, 5) is 16.4. The van der Waals surface area contributed by atoms with Crippen LogP contribution < -0.4 is 15.2 Å². The van der Waals surface area contributed by atoms with Gasteiger partial charge in [-0.2, -0.15) is 0 Å². The summed E-state index contributed by atoms with van der Waals surface area (Å²) >= 11 is 0. The van der Waals surface area contributed by atoms with E-state index in [1.165, 1.54) is 0 Å². The van der Waals surface area contributed by atoms with Gasteiger partial charge in [-0.1, -0.05) is 19.9 Å². The van der Waals surface area contributed by atoms with E-state index in [4.69, 9.17) is 9.47 Å². The van der Waals surface area contributed by atoms with Crippen LogP contribution in [0.1, 0.15) is 43.6 Å². The van der Waals surface area contributed by atoms with Crippen LogP contribution in [0.2, 0.25) is 0 Å². The summed E-state index contributed by atoms with van der Waals surface area (Å²) in [6, 6.07) is 9.22. The first-order chi connectivity index (χ1) is 13.1. The Morgan fingerprint density at radius 3 is 2.74 bits per heavy atom. The van der Waals surface area contributed by atoms with E-state index in [2.05, 4.69) is 17.3 Å². The van der Waals surface area contributed by atoms with E-state index in [1.54, 1.807) is 31.3 Å². The molecule has 0 radical (unpaired) electrons. The molecular formula is C21H27N3O3. The summed E-state index contributed by atoms with van der Waals surface area (Å²) in [6.45, 7) is 10.0. The predicted octanol–water partition coefficient (Wildman–Crippen LogP) is 4.61. The average molecular weight is 369 g/mol. The van der Waals surface area contributed by atoms with Crippen LogP contribution in [-0.2, 0) is 4.74 Å². The van der Waals surface area contributed by atoms with Crippen molar-refractivity contribution in [3.63, 3.8) is 0 Å². The zero-order chi connectivity index (χ0) is 19.8. The molecule has 1 aliphatic heterocycles. The quantitative estimate of drug-likeness (QED) is 0.777. The van der Waals surface area contributed by atoms with Crippen molar-refractivity contribution in [1.29, 1.82) is 0 Å². The molecule has 1 unspecified atom stereocenters. The molecule has 1 aliphatic rings. The third kappa shape index (κ3) is 5.08. The molecule has 144 valence electrons. The molecule has 0 saturated heterocycles. The van der Waals surface area contributed by atoms with Gasteiger partial charge < -0.3 is 9.47 Å². The minimum Gasteiger partial charge on any atom is -0.462 e. The highest BCUT2D eigenvalue weighted by Gasteiger charge is 2.16. The van der Waals surface area contributed by atoms with Gasteiger partial charge in [-0.15, -0.1) is 0 Å². The Morgan fingerprint density at radius 2 is 2.07 bits per heavy atom. The lowest BCUT2D eigenvalue weighted by Gasteiger charge is -2.18. The molecule has 0 spiro atoms. The van der Waals surface area contributed by atoms with Crippen molar-refractivity contribution in [2.75, 3.05) is 11.6 Å². The maximum Gasteiger partial charge on any atom is 0.338 e. The van der Waals surface area contributed by atoms with Gasteiger partial charge in [0.05, 0.1) is 12.2 Å². The number of nitrogens with zero attached hydrogens (tertiary/aromatic N) is 2. The van der Waals surface area contributed by atoms with E-state index in [1.807, 2.05) is 50.2 Å². The number of aromatic nitrogens is 1. The number of benzene rings is 1. The molecule has 2 heterocycles. The van der Waals surface area contributed by atoms with Crippen LogP contribution in [0.5, 0.6) is 11.5 Å². The number of carbonyl (C=O) groups is 1. The van der Waals surface area contributed by atoms with Crippen LogP contribution in [0.4, 0.5) is 5.82 Å². The summed E-state index contributed by atoms with van der Waals surface area (Å²) in [5.74, 6) is 1.64. The number of hydrogen-bond donors (Lipinski definition) is 1. The second-order valence-electron chi connectivity index (χ2n) is 5.73. The van der Waals surface area contributed by atoms with Gasteiger partial charge >= 0.3 is 5.97 Å². The normalized spacial score (nSPS) is 15.1. The number of carbonyl (C=O) groups excluding carboxylic acids is 1. The molecule has 1 atom stereocenters. The fourth-order valence-electron chi connectivity index (χ4n) is 2.54. The lowest BCUT2D eigenvalue weighted by atomic mass is 10.1. The molecule has 3 rings (SSSR count). The molecule has 0 fully saturated rings. The fraction of sp³-hybridized carbons (Fsp3) is 0.333. The molecule has 1 N–H and O–H groups in total. The van der Waals surface area contributed by atoms with E-state index in [9.17, 15) is 4.79 Å². The minimum absolute atomic E-state index is 0.259. The Balaban J connectivity index is 0.00000126. The van der Waals surface area contributed by atoms with Gasteiger partial charge in [0.2, 0.25) is 0 Å². The molecule has 27 heavy (non-hydrogen) atoms. The van der Waals surface area contributed by atoms with Crippen molar-refractivity contribution in [3.05, 3.63) is 59.9 Å². The first-order valence-electron chi connectivity index (χ1n) is 9.23. The number of esters is 1. The highest BCUT2D eigenvalue weighted by molar-refractivity contribution is 5.91. The van der Waals surface area contributed by atoms with Crippen LogP contribution in [0.3, 0.4) is 0 Å². The maximum absolute atomic E-state index is 12.0. The second kappa shape index (κ2) is 9.73. The van der Waals surface area contributed by atoms with Crippen LogP contribution >= 0.6 is 0 Å². The van der Waals surface area contributed by atoms with Crippen molar-refractivity contribution < 1.29 is 14.3 Å². The Labute approximate surface area is 160 Å². The minimum atomic E-state index is -0.346. The molecule has 1 aromatic carbocycles. The Morgan fingerprint density at radius 1 is 1.30 bits per heavy atom. The molecule has 0 saturated carbocycles. The lowest BCUT2D eigenvalue weighted by molar-refractivity contribution is 0.0525. The van der Waals surface area contributed by atoms with Gasteiger partial charge in [0.15, 0.2) is 5.82 Å². The predicted molar refractivity (Wildman–Crippen MR) is 107 cm³/mol. The summed E-state index contributed by atoms with van der Waals surface area (Å²) in [5, 5.41) is 1.85. The Kier molecular flexibility index (Phi) is 7.37. The number of anilines is 1. The average Bonchev–Trinajstić information content (AvgIpc) is 3.12. The molecule has 0 aliphatic carbocycles. The monoisotopic (exact) mass is 369 g/mol. The second-order valence-corrected chi connectivity index (χ2v) is 5.73. The van der Waals surface area contributed by atoms with Gasteiger partial charge in [0.1, 0.15) is 11.5 Å². The van der Waals surface area contributed by atoms with Crippen molar-refractivity contribution in [2.24, 2.45) is 0 Å². The zero-order valence-electron chi connectivity index (χ0n) is 16.5. The summed E-state index contributed by atoms with van der Waals surface area (Å²) in [6.07, 6.45) is 5.67. The van der Waals surface area contributed by atoms with Crippen molar-refractivity contribution in [1.82, 2.24) is 10.4 Å². The van der Waals surface area contributed by atoms with E-state index < -0.39 is 0 Å². The zero-order valence-corrected chi connectivity index (χ0v) is 16.5. The molecule has 6 heteroatoms. The van der Waals surface area contributed by atoms with Gasteiger partial charge in [-0.05, 0) is 45.0 Å². The van der Waals surface area contributed by atoms with Crippen LogP contribution in [0.15, 0.2) is 48.8 Å². The third-order valence-electron chi connectivity index (χ3n) is 3.84. The van der Waals surface area contributed by atoms with Crippen LogP contribution in [0.25, 0.3) is 0 Å². The standard InChI is InChI=1S/C19H21N3O3.C2H6/c1-4-24-19(23)16-6-5-7-17(14(16)3)25-15-8-10-20-18(12-15)22-11-9-13(2)21-22;1-2/h5-13,21H,4H2,1-3H3;1-2H3. The molecule has 1 aromatic heterocycles. The maximum atomic E-state index is 12.0. The number of nitrogens with one attached hydrogen (secondary N) is 1. The number of rotatable bonds is 5. The molecular weight excluding hydrogens is 342 g/mol. The van der Waals surface area contributed by atoms with Gasteiger partial charge in [0, 0.05) is 30.1 Å². The van der Waals surface area contributed by atoms with Crippen molar-refractivity contribution >= 4 is 11.8 Å². The van der Waals surface area contributed by atoms with Crippen molar-refractivity contribution in [2.45, 2.75) is 40.7 Å². The first kappa shape index (κ1) is 20.5. The summed E-state index contributed by atoms with van der Waals surface area (Å²) in [5.41, 5.74) is 4.50. The SMILES string of the molecule is CC.CCOC(=O)c1cccc(Oc2ccnc(N3C=CC(C)N3)c2)c1C. The van der Waals surface area contributed by atoms with Gasteiger partial charge in [-0.3, -0.25) is 5.01 Å². The Hall–Kier alpha value is -2.86.